The molecule has 1 saturated heterocycles. The molecule has 2 heterocycles. The minimum Gasteiger partial charge on any atom is -0.463 e. The van der Waals surface area contributed by atoms with Crippen molar-refractivity contribution >= 4 is 11.8 Å². The summed E-state index contributed by atoms with van der Waals surface area (Å²) in [6, 6.07) is 0. The highest BCUT2D eigenvalue weighted by Crippen LogP contribution is 2.39. The SMILES string of the molecule is CC(C)=C=C[C@@]1(O)[C@H](O)[C@@H](COC(=O)C(C)C)O[C@H]1n1cc(F)c(N)nc1=O. The Morgan fingerprint density at radius 2 is 2.21 bits per heavy atom. The third-order valence-corrected chi connectivity index (χ3v) is 4.17. The number of ether oxygens (including phenoxy) is 2. The van der Waals surface area contributed by atoms with Gasteiger partial charge in [-0.05, 0) is 25.5 Å². The number of nitrogens with two attached hydrogens (primary N) is 1. The number of aliphatic hydroxyl groups excluding tert-OH is 1. The van der Waals surface area contributed by atoms with Crippen LogP contribution in [0.3, 0.4) is 0 Å². The standard InChI is InChI=1S/C18H24FN3O6/c1-9(2)5-6-18(26)13(23)12(8-27-15(24)10(3)4)28-16(18)22-7-11(19)14(20)21-17(22)25/h6-7,10,12-13,16,23,26H,8H2,1-4H3,(H2,20,21,25)/t12-,13-,16-,18-/m1/s1. The molecule has 0 bridgehead atoms. The van der Waals surface area contributed by atoms with Crippen LogP contribution in [0, 0.1) is 11.7 Å². The van der Waals surface area contributed by atoms with Gasteiger partial charge in [-0.2, -0.15) is 4.98 Å². The lowest BCUT2D eigenvalue weighted by Crippen LogP contribution is -2.47. The van der Waals surface area contributed by atoms with Crippen LogP contribution in [0.2, 0.25) is 0 Å². The van der Waals surface area contributed by atoms with Gasteiger partial charge in [0.1, 0.15) is 18.8 Å². The van der Waals surface area contributed by atoms with Gasteiger partial charge in [-0.1, -0.05) is 13.8 Å². The van der Waals surface area contributed by atoms with Crippen molar-refractivity contribution in [3.8, 4) is 0 Å². The van der Waals surface area contributed by atoms with Crippen LogP contribution >= 0.6 is 0 Å². The molecule has 0 aliphatic carbocycles. The van der Waals surface area contributed by atoms with E-state index in [1.807, 2.05) is 0 Å². The quantitative estimate of drug-likeness (QED) is 0.476. The number of aromatic nitrogens is 2. The van der Waals surface area contributed by atoms with E-state index in [1.54, 1.807) is 27.7 Å². The molecule has 4 atom stereocenters. The van der Waals surface area contributed by atoms with Gasteiger partial charge in [-0.25, -0.2) is 9.18 Å². The molecule has 28 heavy (non-hydrogen) atoms. The lowest BCUT2D eigenvalue weighted by Gasteiger charge is -2.28. The van der Waals surface area contributed by atoms with Gasteiger partial charge in [-0.15, -0.1) is 5.73 Å². The Kier molecular flexibility index (Phi) is 6.41. The molecule has 1 aromatic heterocycles. The number of carbonyl (C=O) groups is 1. The summed E-state index contributed by atoms with van der Waals surface area (Å²) in [4.78, 5) is 27.2. The molecule has 1 fully saturated rings. The molecule has 0 spiro atoms. The van der Waals surface area contributed by atoms with Crippen molar-refractivity contribution in [3.05, 3.63) is 39.9 Å². The summed E-state index contributed by atoms with van der Waals surface area (Å²) in [6.45, 7) is 6.30. The molecule has 0 radical (unpaired) electrons. The van der Waals surface area contributed by atoms with Crippen LogP contribution in [0.4, 0.5) is 10.2 Å². The lowest BCUT2D eigenvalue weighted by molar-refractivity contribution is -0.153. The largest absolute Gasteiger partial charge is 0.463 e. The summed E-state index contributed by atoms with van der Waals surface area (Å²) in [6.07, 6.45) is -2.47. The van der Waals surface area contributed by atoms with E-state index in [2.05, 4.69) is 10.7 Å². The van der Waals surface area contributed by atoms with Crippen LogP contribution < -0.4 is 11.4 Å². The zero-order valence-corrected chi connectivity index (χ0v) is 16.0. The molecule has 1 aliphatic rings. The Morgan fingerprint density at radius 1 is 1.57 bits per heavy atom. The molecule has 1 aromatic rings. The van der Waals surface area contributed by atoms with E-state index in [4.69, 9.17) is 15.2 Å². The minimum atomic E-state index is -2.17. The molecule has 4 N–H and O–H groups in total. The first-order valence-electron chi connectivity index (χ1n) is 8.65. The van der Waals surface area contributed by atoms with Crippen LogP contribution in [0.1, 0.15) is 33.9 Å². The number of carbonyl (C=O) groups excluding carboxylic acids is 1. The molecular weight excluding hydrogens is 373 g/mol. The first-order valence-corrected chi connectivity index (χ1v) is 8.65. The van der Waals surface area contributed by atoms with Gasteiger partial charge in [0.15, 0.2) is 23.5 Å². The van der Waals surface area contributed by atoms with Crippen LogP contribution in [0.25, 0.3) is 0 Å². The van der Waals surface area contributed by atoms with E-state index >= 15 is 0 Å². The molecule has 154 valence electrons. The van der Waals surface area contributed by atoms with Crippen LogP contribution in [-0.2, 0) is 14.3 Å². The van der Waals surface area contributed by atoms with Crippen molar-refractivity contribution in [1.29, 1.82) is 0 Å². The fraction of sp³-hybridized carbons (Fsp3) is 0.556. The number of hydrogen-bond acceptors (Lipinski definition) is 8. The molecule has 0 amide bonds. The maximum Gasteiger partial charge on any atom is 0.351 e. The molecule has 0 saturated carbocycles. The Morgan fingerprint density at radius 3 is 2.79 bits per heavy atom. The number of halogens is 1. The second kappa shape index (κ2) is 8.24. The van der Waals surface area contributed by atoms with E-state index in [-0.39, 0.29) is 6.61 Å². The second-order valence-corrected chi connectivity index (χ2v) is 7.10. The first-order chi connectivity index (χ1) is 13.0. The molecule has 10 heteroatoms. The Bertz CT molecular complexity index is 873. The third kappa shape index (κ3) is 4.31. The zero-order chi connectivity index (χ0) is 21.2. The predicted molar refractivity (Wildman–Crippen MR) is 96.5 cm³/mol. The molecule has 0 unspecified atom stereocenters. The van der Waals surface area contributed by atoms with Gasteiger partial charge in [0.25, 0.3) is 0 Å². The summed E-state index contributed by atoms with van der Waals surface area (Å²) >= 11 is 0. The van der Waals surface area contributed by atoms with Gasteiger partial charge in [0.05, 0.1) is 12.1 Å². The number of aliphatic hydroxyl groups is 2. The highest BCUT2D eigenvalue weighted by Gasteiger charge is 2.55. The van der Waals surface area contributed by atoms with E-state index in [0.717, 1.165) is 12.3 Å². The number of nitrogen functional groups attached to an aromatic ring is 1. The monoisotopic (exact) mass is 397 g/mol. The third-order valence-electron chi connectivity index (χ3n) is 4.17. The van der Waals surface area contributed by atoms with Crippen molar-refractivity contribution in [1.82, 2.24) is 9.55 Å². The Labute approximate surface area is 160 Å². The topological polar surface area (TPSA) is 137 Å². The van der Waals surface area contributed by atoms with Gasteiger partial charge in [0, 0.05) is 0 Å². The van der Waals surface area contributed by atoms with Gasteiger partial charge < -0.3 is 25.4 Å². The smallest absolute Gasteiger partial charge is 0.351 e. The van der Waals surface area contributed by atoms with Crippen molar-refractivity contribution in [2.45, 2.75) is 51.7 Å². The molecule has 9 nitrogen and oxygen atoms in total. The van der Waals surface area contributed by atoms with Crippen molar-refractivity contribution in [2.75, 3.05) is 12.3 Å². The highest BCUT2D eigenvalue weighted by atomic mass is 19.1. The summed E-state index contributed by atoms with van der Waals surface area (Å²) in [5, 5.41) is 21.7. The van der Waals surface area contributed by atoms with Gasteiger partial charge in [0.2, 0.25) is 0 Å². The van der Waals surface area contributed by atoms with E-state index in [9.17, 15) is 24.2 Å². The van der Waals surface area contributed by atoms with Crippen molar-refractivity contribution in [2.24, 2.45) is 5.92 Å². The summed E-state index contributed by atoms with van der Waals surface area (Å²) in [7, 11) is 0. The van der Waals surface area contributed by atoms with Crippen LogP contribution in [-0.4, -0.2) is 50.1 Å². The van der Waals surface area contributed by atoms with Gasteiger partial charge in [-0.3, -0.25) is 9.36 Å². The number of anilines is 1. The normalized spacial score (nSPS) is 26.8. The van der Waals surface area contributed by atoms with Crippen LogP contribution in [0.15, 0.2) is 28.4 Å². The number of hydrogen-bond donors (Lipinski definition) is 3. The Balaban J connectivity index is 2.46. The minimum absolute atomic E-state index is 0.376. The Hall–Kier alpha value is -2.52. The van der Waals surface area contributed by atoms with E-state index in [1.165, 1.54) is 0 Å². The molecule has 1 aliphatic heterocycles. The molecule has 2 rings (SSSR count). The fourth-order valence-electron chi connectivity index (χ4n) is 2.58. The second-order valence-electron chi connectivity index (χ2n) is 7.10. The summed E-state index contributed by atoms with van der Waals surface area (Å²) < 4.78 is 25.2. The predicted octanol–water partition coefficient (Wildman–Crippen LogP) is 0.274. The van der Waals surface area contributed by atoms with E-state index in [0.29, 0.717) is 10.1 Å². The lowest BCUT2D eigenvalue weighted by atomic mass is 9.93. The average molecular weight is 397 g/mol. The first kappa shape index (κ1) is 21.8. The zero-order valence-electron chi connectivity index (χ0n) is 16.0. The van der Waals surface area contributed by atoms with Crippen LogP contribution in [0.5, 0.6) is 0 Å². The van der Waals surface area contributed by atoms with Gasteiger partial charge >= 0.3 is 11.7 Å². The van der Waals surface area contributed by atoms with Crippen molar-refractivity contribution < 1.29 is 28.9 Å². The highest BCUT2D eigenvalue weighted by molar-refractivity contribution is 5.71. The molecule has 0 aromatic carbocycles. The maximum atomic E-state index is 13.9. The van der Waals surface area contributed by atoms with Crippen molar-refractivity contribution in [3.63, 3.8) is 0 Å². The number of nitrogens with zero attached hydrogens (tertiary/aromatic N) is 2. The number of rotatable bonds is 5. The fourth-order valence-corrected chi connectivity index (χ4v) is 2.58. The average Bonchev–Trinajstić information content (AvgIpc) is 2.86. The summed E-state index contributed by atoms with van der Waals surface area (Å²) in [5.74, 6) is -2.54. The summed E-state index contributed by atoms with van der Waals surface area (Å²) in [5.41, 5.74) is 5.55. The molecular formula is C18H24FN3O6. The number of esters is 1. The van der Waals surface area contributed by atoms with E-state index < -0.39 is 53.2 Å². The maximum absolute atomic E-state index is 13.9.